The van der Waals surface area contributed by atoms with Gasteiger partial charge in [-0.05, 0) is 28.8 Å². The third kappa shape index (κ3) is 5.43. The van der Waals surface area contributed by atoms with Crippen LogP contribution in [0.15, 0.2) is 109 Å². The summed E-state index contributed by atoms with van der Waals surface area (Å²) in [7, 11) is 1.44. The number of nitrogens with zero attached hydrogens (tertiary/aromatic N) is 2. The van der Waals surface area contributed by atoms with Gasteiger partial charge >= 0.3 is 18.0 Å². The summed E-state index contributed by atoms with van der Waals surface area (Å²) >= 11 is 0. The number of rotatable bonds is 10. The summed E-state index contributed by atoms with van der Waals surface area (Å²) in [5.41, 5.74) is 0.0515. The molecule has 12 nitrogen and oxygen atoms in total. The van der Waals surface area contributed by atoms with Crippen LogP contribution in [0.2, 0.25) is 0 Å². The number of carbonyl (C=O) groups excluding carboxylic acids is 3. The number of aliphatic carboxylic acids is 1. The van der Waals surface area contributed by atoms with E-state index in [1.165, 1.54) is 7.11 Å². The van der Waals surface area contributed by atoms with Crippen molar-refractivity contribution in [1.29, 1.82) is 0 Å². The number of imide groups is 1. The number of para-hydroxylation sites is 2. The molecule has 2 saturated heterocycles. The van der Waals surface area contributed by atoms with Gasteiger partial charge in [-0.15, -0.1) is 0 Å². The van der Waals surface area contributed by atoms with E-state index in [9.17, 15) is 24.6 Å². The van der Waals surface area contributed by atoms with Crippen LogP contribution < -0.4 is 9.64 Å². The Morgan fingerprint density at radius 3 is 2.14 bits per heavy atom. The summed E-state index contributed by atoms with van der Waals surface area (Å²) < 4.78 is 22.8. The number of cyclic esters (lactones) is 1. The molecule has 2 N–H and O–H groups in total. The summed E-state index contributed by atoms with van der Waals surface area (Å²) in [6.45, 7) is -0.500. The number of morpholine rings is 1. The second-order valence-corrected chi connectivity index (χ2v) is 12.5. The highest BCUT2D eigenvalue weighted by Crippen LogP contribution is 2.66. The lowest BCUT2D eigenvalue weighted by atomic mass is 9.65. The van der Waals surface area contributed by atoms with Crippen molar-refractivity contribution in [2.45, 2.75) is 29.6 Å². The number of methoxy groups -OCH3 is 1. The largest absolute Gasteiger partial charge is 0.491 e. The molecule has 7 rings (SSSR count). The van der Waals surface area contributed by atoms with Gasteiger partial charge in [0.15, 0.2) is 0 Å². The third-order valence-electron chi connectivity index (χ3n) is 9.89. The first-order chi connectivity index (χ1) is 24.9. The van der Waals surface area contributed by atoms with Crippen molar-refractivity contribution >= 4 is 29.6 Å². The number of fused-ring (bicyclic) bond motifs is 3. The molecule has 2 amide bonds. The van der Waals surface area contributed by atoms with Crippen LogP contribution in [0.5, 0.6) is 5.75 Å². The quantitative estimate of drug-likeness (QED) is 0.177. The zero-order chi connectivity index (χ0) is 35.7. The van der Waals surface area contributed by atoms with Crippen LogP contribution in [0, 0.1) is 5.92 Å². The number of benzene rings is 4. The van der Waals surface area contributed by atoms with E-state index in [2.05, 4.69) is 0 Å². The number of anilines is 1. The highest BCUT2D eigenvalue weighted by atomic mass is 16.6. The number of amides is 2. The molecule has 1 spiro atoms. The SMILES string of the molecule is COCCOC(=O)N1C(=O)[C@@]2(c3ccccc31)[C@H](C(=O)O)[C@H]1C(=O)O[C@H](c3ccccc3)[C@H](c3ccccc3)N1[C@@H]2c1ccccc1OCCO. The van der Waals surface area contributed by atoms with E-state index in [0.29, 0.717) is 16.7 Å². The van der Waals surface area contributed by atoms with Gasteiger partial charge < -0.3 is 29.2 Å². The smallest absolute Gasteiger partial charge is 0.421 e. The first kappa shape index (κ1) is 33.9. The lowest BCUT2D eigenvalue weighted by molar-refractivity contribution is -0.179. The molecule has 12 heteroatoms. The van der Waals surface area contributed by atoms with Crippen LogP contribution in [0.3, 0.4) is 0 Å². The number of aliphatic hydroxyl groups is 1. The fourth-order valence-electron chi connectivity index (χ4n) is 8.06. The van der Waals surface area contributed by atoms with Crippen molar-refractivity contribution in [2.24, 2.45) is 5.92 Å². The predicted octanol–water partition coefficient (Wildman–Crippen LogP) is 4.59. The maximum absolute atomic E-state index is 15.4. The maximum atomic E-state index is 15.4. The Kier molecular flexibility index (Phi) is 9.30. The monoisotopic (exact) mass is 692 g/mol. The average molecular weight is 693 g/mol. The van der Waals surface area contributed by atoms with Gasteiger partial charge in [0.05, 0.1) is 31.0 Å². The average Bonchev–Trinajstić information content (AvgIpc) is 3.61. The van der Waals surface area contributed by atoms with Crippen LogP contribution >= 0.6 is 0 Å². The first-order valence-corrected chi connectivity index (χ1v) is 16.6. The molecule has 262 valence electrons. The van der Waals surface area contributed by atoms with E-state index >= 15 is 4.79 Å². The van der Waals surface area contributed by atoms with Crippen molar-refractivity contribution in [3.05, 3.63) is 131 Å². The van der Waals surface area contributed by atoms with Crippen molar-refractivity contribution in [3.63, 3.8) is 0 Å². The van der Waals surface area contributed by atoms with Crippen molar-refractivity contribution in [2.75, 3.05) is 38.4 Å². The summed E-state index contributed by atoms with van der Waals surface area (Å²) in [5.74, 6) is -4.60. The molecule has 4 aromatic carbocycles. The number of ether oxygens (including phenoxy) is 4. The van der Waals surface area contributed by atoms with Gasteiger partial charge in [0.1, 0.15) is 42.4 Å². The summed E-state index contributed by atoms with van der Waals surface area (Å²) in [4.78, 5) is 60.2. The molecule has 2 fully saturated rings. The molecule has 0 bridgehead atoms. The standard InChI is InChI=1S/C39H36N2O10/c1-48-22-23-50-38(47)40-28-18-10-9-17-27(28)39(37(40)46)30(35(43)44)32-36(45)51-33(25-14-6-3-7-15-25)31(24-12-4-2-5-13-24)41(32)34(39)26-16-8-11-19-29(26)49-21-20-42/h2-19,30-34,42H,20-23H2,1H3,(H,43,44)/t30-,31-,32-,33+,34+,39-/m0/s1. The molecule has 6 atom stereocenters. The summed E-state index contributed by atoms with van der Waals surface area (Å²) in [6, 6.07) is 28.2. The molecule has 0 saturated carbocycles. The molecular formula is C39H36N2O10. The molecule has 0 aromatic heterocycles. The Bertz CT molecular complexity index is 1940. The third-order valence-corrected chi connectivity index (χ3v) is 9.89. The zero-order valence-electron chi connectivity index (χ0n) is 27.7. The highest BCUT2D eigenvalue weighted by molar-refractivity contribution is 6.23. The zero-order valence-corrected chi connectivity index (χ0v) is 27.7. The molecule has 3 aliphatic rings. The second kappa shape index (κ2) is 14.0. The van der Waals surface area contributed by atoms with E-state index in [1.807, 2.05) is 60.7 Å². The number of carbonyl (C=O) groups is 4. The molecule has 0 unspecified atom stereocenters. The lowest BCUT2D eigenvalue weighted by Gasteiger charge is -2.46. The number of hydrogen-bond acceptors (Lipinski definition) is 10. The van der Waals surface area contributed by atoms with Crippen LogP contribution in [0.25, 0.3) is 0 Å². The number of aliphatic hydroxyl groups excluding tert-OH is 1. The predicted molar refractivity (Wildman–Crippen MR) is 182 cm³/mol. The molecule has 3 heterocycles. The van der Waals surface area contributed by atoms with Crippen molar-refractivity contribution in [1.82, 2.24) is 4.90 Å². The minimum atomic E-state index is -2.08. The van der Waals surface area contributed by atoms with Gasteiger partial charge in [0.2, 0.25) is 5.91 Å². The summed E-state index contributed by atoms with van der Waals surface area (Å²) in [5, 5.41) is 21.0. The summed E-state index contributed by atoms with van der Waals surface area (Å²) in [6.07, 6.45) is -1.93. The lowest BCUT2D eigenvalue weighted by Crippen LogP contribution is -2.53. The number of esters is 1. The molecular weight excluding hydrogens is 656 g/mol. The Morgan fingerprint density at radius 2 is 1.45 bits per heavy atom. The van der Waals surface area contributed by atoms with Gasteiger partial charge in [-0.3, -0.25) is 19.3 Å². The number of carboxylic acid groups (broad SMARTS) is 1. The fourth-order valence-corrected chi connectivity index (χ4v) is 8.06. The minimum Gasteiger partial charge on any atom is -0.491 e. The van der Waals surface area contributed by atoms with E-state index in [-0.39, 0.29) is 43.4 Å². The van der Waals surface area contributed by atoms with Gasteiger partial charge in [0, 0.05) is 12.7 Å². The van der Waals surface area contributed by atoms with E-state index < -0.39 is 59.5 Å². The van der Waals surface area contributed by atoms with Crippen LogP contribution in [0.4, 0.5) is 10.5 Å². The molecule has 4 aromatic rings. The Hall–Kier alpha value is -5.56. The number of carboxylic acids is 1. The minimum absolute atomic E-state index is 0.0673. The molecule has 0 aliphatic carbocycles. The Labute approximate surface area is 293 Å². The number of hydrogen-bond donors (Lipinski definition) is 2. The van der Waals surface area contributed by atoms with Crippen molar-refractivity contribution < 1.29 is 48.3 Å². The van der Waals surface area contributed by atoms with E-state index in [1.54, 1.807) is 53.4 Å². The van der Waals surface area contributed by atoms with E-state index in [4.69, 9.17) is 18.9 Å². The van der Waals surface area contributed by atoms with Gasteiger partial charge in [-0.2, -0.15) is 0 Å². The second-order valence-electron chi connectivity index (χ2n) is 12.5. The van der Waals surface area contributed by atoms with Crippen LogP contribution in [0.1, 0.15) is 40.4 Å². The Morgan fingerprint density at radius 1 is 0.804 bits per heavy atom. The normalized spacial score (nSPS) is 25.3. The highest BCUT2D eigenvalue weighted by Gasteiger charge is 2.76. The molecule has 3 aliphatic heterocycles. The van der Waals surface area contributed by atoms with Gasteiger partial charge in [-0.1, -0.05) is 97.1 Å². The Balaban J connectivity index is 1.55. The van der Waals surface area contributed by atoms with Gasteiger partial charge in [-0.25, -0.2) is 9.69 Å². The van der Waals surface area contributed by atoms with Crippen LogP contribution in [-0.2, 0) is 34.0 Å². The fraction of sp³-hybridized carbons (Fsp3) is 0.282. The first-order valence-electron chi connectivity index (χ1n) is 16.6. The van der Waals surface area contributed by atoms with Crippen LogP contribution in [-0.4, -0.2) is 78.6 Å². The van der Waals surface area contributed by atoms with Crippen molar-refractivity contribution in [3.8, 4) is 5.75 Å². The van der Waals surface area contributed by atoms with Gasteiger partial charge in [0.25, 0.3) is 0 Å². The van der Waals surface area contributed by atoms with E-state index in [0.717, 1.165) is 4.90 Å². The molecule has 0 radical (unpaired) electrons. The molecule has 51 heavy (non-hydrogen) atoms. The maximum Gasteiger partial charge on any atom is 0.421 e. The topological polar surface area (TPSA) is 152 Å².